The maximum absolute atomic E-state index is 9.49. The van der Waals surface area contributed by atoms with Gasteiger partial charge in [0.05, 0.1) is 19.1 Å². The van der Waals surface area contributed by atoms with E-state index >= 15 is 0 Å². The van der Waals surface area contributed by atoms with Crippen LogP contribution >= 0.6 is 0 Å². The summed E-state index contributed by atoms with van der Waals surface area (Å²) in [7, 11) is 3.49. The van der Waals surface area contributed by atoms with Crippen LogP contribution in [0, 0.1) is 6.92 Å². The lowest BCUT2D eigenvalue weighted by Crippen LogP contribution is -2.36. The molecule has 22 heavy (non-hydrogen) atoms. The summed E-state index contributed by atoms with van der Waals surface area (Å²) in [5.74, 6) is 0.113. The van der Waals surface area contributed by atoms with E-state index < -0.39 is 5.97 Å². The first-order chi connectivity index (χ1) is 10.4. The number of aromatic nitrogens is 2. The van der Waals surface area contributed by atoms with Crippen LogP contribution < -0.4 is 9.67 Å². The molecule has 0 aliphatic heterocycles. The number of aliphatic carboxylic acids is 1. The first-order valence-electron chi connectivity index (χ1n) is 7.34. The Bertz CT molecular complexity index is 415. The number of methoxy groups -OCH3 is 2. The number of hydrogen-bond acceptors (Lipinski definition) is 4. The molecule has 126 valence electrons. The highest BCUT2D eigenvalue weighted by Crippen LogP contribution is 1.97. The van der Waals surface area contributed by atoms with Gasteiger partial charge in [0.15, 0.2) is 0 Å². The molecule has 0 bridgehead atoms. The molecule has 0 saturated heterocycles. The number of nitrogens with zero attached hydrogens (tertiary/aromatic N) is 2. The molecule has 0 aromatic carbocycles. The number of carbonyl (C=O) groups is 1. The zero-order chi connectivity index (χ0) is 17.0. The number of aryl methyl sites for hydroxylation is 2. The first kappa shape index (κ1) is 20.3. The Morgan fingerprint density at radius 1 is 1.32 bits per heavy atom. The molecule has 1 heterocycles. The van der Waals surface area contributed by atoms with Crippen LogP contribution in [0.3, 0.4) is 0 Å². The third-order valence-corrected chi connectivity index (χ3v) is 3.10. The third-order valence-electron chi connectivity index (χ3n) is 3.10. The van der Waals surface area contributed by atoms with E-state index in [1.54, 1.807) is 14.2 Å². The van der Waals surface area contributed by atoms with Gasteiger partial charge in [0, 0.05) is 47.2 Å². The van der Waals surface area contributed by atoms with Crippen molar-refractivity contribution in [2.24, 2.45) is 0 Å². The number of carbonyl (C=O) groups excluding carboxylic acids is 1. The Kier molecular flexibility index (Phi) is 11.0. The van der Waals surface area contributed by atoms with Crippen molar-refractivity contribution in [2.75, 3.05) is 27.4 Å². The van der Waals surface area contributed by atoms with Crippen molar-refractivity contribution in [2.45, 2.75) is 39.8 Å². The van der Waals surface area contributed by atoms with Crippen molar-refractivity contribution >= 4 is 5.97 Å². The van der Waals surface area contributed by atoms with E-state index in [1.807, 2.05) is 0 Å². The SMILES string of the molecule is C=C(C)C(=O)[O-].COCCCn1cc[n+](CCCOC)c1C. The summed E-state index contributed by atoms with van der Waals surface area (Å²) in [5, 5.41) is 9.49. The van der Waals surface area contributed by atoms with Crippen LogP contribution in [0.2, 0.25) is 0 Å². The number of hydrogen-bond donors (Lipinski definition) is 0. The predicted molar refractivity (Wildman–Crippen MR) is 82.2 cm³/mol. The average Bonchev–Trinajstić information content (AvgIpc) is 2.81. The Morgan fingerprint density at radius 2 is 1.86 bits per heavy atom. The molecule has 0 fully saturated rings. The summed E-state index contributed by atoms with van der Waals surface area (Å²) in [5.41, 5.74) is 0.0648. The number of imidazole rings is 1. The molecule has 0 saturated carbocycles. The van der Waals surface area contributed by atoms with Gasteiger partial charge in [-0.05, 0) is 12.5 Å². The van der Waals surface area contributed by atoms with E-state index in [-0.39, 0.29) is 5.57 Å². The van der Waals surface area contributed by atoms with Gasteiger partial charge in [-0.1, -0.05) is 6.58 Å². The molecular weight excluding hydrogens is 284 g/mol. The Balaban J connectivity index is 0.000000626. The normalized spacial score (nSPS) is 10.0. The molecule has 0 atom stereocenters. The van der Waals surface area contributed by atoms with Crippen LogP contribution in [0.1, 0.15) is 25.6 Å². The van der Waals surface area contributed by atoms with Crippen LogP contribution in [0.15, 0.2) is 24.5 Å². The third kappa shape index (κ3) is 8.59. The molecule has 0 aliphatic carbocycles. The topological polar surface area (TPSA) is 67.4 Å². The minimum atomic E-state index is -1.19. The second kappa shape index (κ2) is 11.9. The molecule has 0 radical (unpaired) electrons. The van der Waals surface area contributed by atoms with E-state index in [0.717, 1.165) is 39.1 Å². The quantitative estimate of drug-likeness (QED) is 0.378. The fourth-order valence-corrected chi connectivity index (χ4v) is 1.77. The highest BCUT2D eigenvalue weighted by Gasteiger charge is 2.10. The molecule has 0 N–H and O–H groups in total. The van der Waals surface area contributed by atoms with E-state index in [0.29, 0.717) is 0 Å². The molecule has 1 aromatic rings. The van der Waals surface area contributed by atoms with E-state index in [1.165, 1.54) is 12.7 Å². The molecule has 0 unspecified atom stereocenters. The van der Waals surface area contributed by atoms with Crippen molar-refractivity contribution in [3.05, 3.63) is 30.4 Å². The van der Waals surface area contributed by atoms with Gasteiger partial charge < -0.3 is 19.4 Å². The van der Waals surface area contributed by atoms with Crippen molar-refractivity contribution in [3.63, 3.8) is 0 Å². The van der Waals surface area contributed by atoms with Gasteiger partial charge in [-0.3, -0.25) is 0 Å². The van der Waals surface area contributed by atoms with Crippen LogP contribution in [-0.2, 0) is 27.4 Å². The van der Waals surface area contributed by atoms with Crippen molar-refractivity contribution in [1.29, 1.82) is 0 Å². The molecule has 6 nitrogen and oxygen atoms in total. The Labute approximate surface area is 133 Å². The van der Waals surface area contributed by atoms with Crippen molar-refractivity contribution < 1.29 is 23.9 Å². The van der Waals surface area contributed by atoms with Crippen LogP contribution in [0.25, 0.3) is 0 Å². The predicted octanol–water partition coefficient (Wildman–Crippen LogP) is 0.469. The summed E-state index contributed by atoms with van der Waals surface area (Å²) < 4.78 is 14.6. The summed E-state index contributed by atoms with van der Waals surface area (Å²) >= 11 is 0. The summed E-state index contributed by atoms with van der Waals surface area (Å²) in [6, 6.07) is 0. The van der Waals surface area contributed by atoms with Gasteiger partial charge in [0.1, 0.15) is 12.4 Å². The first-order valence-corrected chi connectivity index (χ1v) is 7.34. The lowest BCUT2D eigenvalue weighted by molar-refractivity contribution is -0.703. The molecule has 0 amide bonds. The minimum Gasteiger partial charge on any atom is -0.545 e. The fourth-order valence-electron chi connectivity index (χ4n) is 1.77. The van der Waals surface area contributed by atoms with E-state index in [9.17, 15) is 9.90 Å². The van der Waals surface area contributed by atoms with Gasteiger partial charge >= 0.3 is 0 Å². The van der Waals surface area contributed by atoms with Gasteiger partial charge in [-0.2, -0.15) is 0 Å². The van der Waals surface area contributed by atoms with Crippen molar-refractivity contribution in [1.82, 2.24) is 4.57 Å². The largest absolute Gasteiger partial charge is 0.545 e. The number of carboxylic acid groups (broad SMARTS) is 1. The Morgan fingerprint density at radius 3 is 2.36 bits per heavy atom. The second-order valence-electron chi connectivity index (χ2n) is 4.99. The molecule has 0 aliphatic rings. The molecular formula is C16H28N2O4. The van der Waals surface area contributed by atoms with Gasteiger partial charge in [-0.25, -0.2) is 9.13 Å². The number of carboxylic acids is 1. The van der Waals surface area contributed by atoms with Gasteiger partial charge in [0.25, 0.3) is 5.82 Å². The second-order valence-corrected chi connectivity index (χ2v) is 4.99. The molecule has 1 aromatic heterocycles. The zero-order valence-corrected chi connectivity index (χ0v) is 14.1. The maximum atomic E-state index is 9.49. The number of ether oxygens (including phenoxy) is 2. The monoisotopic (exact) mass is 312 g/mol. The number of rotatable bonds is 9. The van der Waals surface area contributed by atoms with Crippen LogP contribution in [0.4, 0.5) is 0 Å². The molecule has 1 rings (SSSR count). The van der Waals surface area contributed by atoms with E-state index in [4.69, 9.17) is 9.47 Å². The van der Waals surface area contributed by atoms with Crippen LogP contribution in [0.5, 0.6) is 0 Å². The zero-order valence-electron chi connectivity index (χ0n) is 14.1. The summed E-state index contributed by atoms with van der Waals surface area (Å²) in [6.45, 7) is 10.3. The highest BCUT2D eigenvalue weighted by molar-refractivity contribution is 5.82. The molecule has 0 spiro atoms. The standard InChI is InChI=1S/C12H23N2O2.C4H6O2/c1-12-13(6-4-10-15-2)8-9-14(12)7-5-11-16-3;1-3(2)4(5)6/h8-9H,4-7,10-11H2,1-3H3;1H2,2H3,(H,5,6)/q+1;/p-1. The van der Waals surface area contributed by atoms with Gasteiger partial charge in [0.2, 0.25) is 0 Å². The maximum Gasteiger partial charge on any atom is 0.253 e. The lowest BCUT2D eigenvalue weighted by Gasteiger charge is -2.01. The lowest BCUT2D eigenvalue weighted by atomic mass is 10.4. The van der Waals surface area contributed by atoms with Gasteiger partial charge in [-0.15, -0.1) is 0 Å². The smallest absolute Gasteiger partial charge is 0.253 e. The van der Waals surface area contributed by atoms with Crippen LogP contribution in [-0.4, -0.2) is 38.0 Å². The van der Waals surface area contributed by atoms with E-state index in [2.05, 4.69) is 35.0 Å². The minimum absolute atomic E-state index is 0.0648. The molecule has 6 heteroatoms. The summed E-state index contributed by atoms with van der Waals surface area (Å²) in [4.78, 5) is 9.49. The fraction of sp³-hybridized carbons (Fsp3) is 0.625. The average molecular weight is 312 g/mol. The highest BCUT2D eigenvalue weighted by atomic mass is 16.5. The van der Waals surface area contributed by atoms with Crippen molar-refractivity contribution in [3.8, 4) is 0 Å². The Hall–Kier alpha value is -1.66. The summed E-state index contributed by atoms with van der Waals surface area (Å²) in [6.07, 6.45) is 6.39.